The molecular formula is C14H21BrF3NOSi. The second-order valence-corrected chi connectivity index (χ2v) is 12.2. The van der Waals surface area contributed by atoms with Gasteiger partial charge in [-0.25, -0.2) is 0 Å². The predicted octanol–water partition coefficient (Wildman–Crippen LogP) is 5.78. The summed E-state index contributed by atoms with van der Waals surface area (Å²) in [5.41, 5.74) is 0.598. The molecular weight excluding hydrogens is 363 g/mol. The van der Waals surface area contributed by atoms with E-state index in [1.54, 1.807) is 26.1 Å². The highest BCUT2D eigenvalue weighted by Gasteiger charge is 2.50. The van der Waals surface area contributed by atoms with Gasteiger partial charge in [0.25, 0.3) is 0 Å². The Labute approximate surface area is 133 Å². The summed E-state index contributed by atoms with van der Waals surface area (Å²) in [5, 5.41) is -0.313. The molecule has 0 aromatic carbocycles. The first-order chi connectivity index (χ1) is 9.27. The van der Waals surface area contributed by atoms with Crippen molar-refractivity contribution in [3.63, 3.8) is 0 Å². The number of halogens is 4. The molecule has 0 aliphatic carbocycles. The lowest BCUT2D eigenvalue weighted by Gasteiger charge is -2.39. The third kappa shape index (κ3) is 4.29. The Balaban J connectivity index is 3.30. The monoisotopic (exact) mass is 383 g/mol. The molecule has 1 aromatic heterocycles. The van der Waals surface area contributed by atoms with Crippen molar-refractivity contribution in [2.24, 2.45) is 0 Å². The van der Waals surface area contributed by atoms with E-state index >= 15 is 0 Å². The first kappa shape index (κ1) is 18.6. The van der Waals surface area contributed by atoms with Crippen LogP contribution in [0.4, 0.5) is 13.2 Å². The minimum atomic E-state index is -4.50. The van der Waals surface area contributed by atoms with Gasteiger partial charge in [0, 0.05) is 10.7 Å². The van der Waals surface area contributed by atoms with E-state index in [0.717, 1.165) is 0 Å². The van der Waals surface area contributed by atoms with E-state index in [-0.39, 0.29) is 10.7 Å². The molecule has 0 aliphatic heterocycles. The predicted molar refractivity (Wildman–Crippen MR) is 83.8 cm³/mol. The summed E-state index contributed by atoms with van der Waals surface area (Å²) in [7, 11) is -2.58. The van der Waals surface area contributed by atoms with Crippen LogP contribution >= 0.6 is 15.9 Å². The second-order valence-electron chi connectivity index (χ2n) is 6.63. The zero-order chi connectivity index (χ0) is 16.6. The molecule has 0 saturated heterocycles. The Morgan fingerprint density at radius 2 is 1.76 bits per heavy atom. The van der Waals surface area contributed by atoms with Crippen LogP contribution in [0.2, 0.25) is 18.1 Å². The van der Waals surface area contributed by atoms with Crippen LogP contribution in [0.5, 0.6) is 0 Å². The molecule has 0 N–H and O–H groups in total. The number of pyridine rings is 1. The molecule has 0 saturated carbocycles. The number of nitrogens with zero attached hydrogens (tertiary/aromatic N) is 1. The highest BCUT2D eigenvalue weighted by molar-refractivity contribution is 9.10. The molecule has 21 heavy (non-hydrogen) atoms. The number of hydrogen-bond acceptors (Lipinski definition) is 2. The first-order valence-corrected chi connectivity index (χ1v) is 10.3. The van der Waals surface area contributed by atoms with Crippen LogP contribution in [0.3, 0.4) is 0 Å². The van der Waals surface area contributed by atoms with E-state index < -0.39 is 20.6 Å². The summed E-state index contributed by atoms with van der Waals surface area (Å²) in [6, 6.07) is 1.66. The van der Waals surface area contributed by atoms with Crippen LogP contribution in [-0.2, 0) is 4.43 Å². The molecule has 1 heterocycles. The Hall–Kier alpha value is -0.403. The molecule has 2 nitrogen and oxygen atoms in total. The minimum Gasteiger partial charge on any atom is -0.401 e. The van der Waals surface area contributed by atoms with Gasteiger partial charge < -0.3 is 4.43 Å². The van der Waals surface area contributed by atoms with Crippen molar-refractivity contribution in [3.05, 3.63) is 28.0 Å². The number of rotatable bonds is 3. The molecule has 0 aliphatic rings. The van der Waals surface area contributed by atoms with Gasteiger partial charge in [-0.15, -0.1) is 0 Å². The van der Waals surface area contributed by atoms with Gasteiger partial charge in [-0.3, -0.25) is 4.98 Å². The number of aryl methyl sites for hydroxylation is 1. The molecule has 1 unspecified atom stereocenters. The van der Waals surface area contributed by atoms with Crippen molar-refractivity contribution < 1.29 is 17.6 Å². The average Bonchev–Trinajstić information content (AvgIpc) is 2.27. The van der Waals surface area contributed by atoms with Crippen molar-refractivity contribution in [1.29, 1.82) is 0 Å². The van der Waals surface area contributed by atoms with Crippen LogP contribution in [0.25, 0.3) is 0 Å². The minimum absolute atomic E-state index is 0.104. The highest BCUT2D eigenvalue weighted by Crippen LogP contribution is 2.45. The number of alkyl halides is 3. The van der Waals surface area contributed by atoms with Crippen LogP contribution in [0.15, 0.2) is 16.7 Å². The maximum Gasteiger partial charge on any atom is 0.419 e. The van der Waals surface area contributed by atoms with Gasteiger partial charge in [0.15, 0.2) is 14.4 Å². The summed E-state index contributed by atoms with van der Waals surface area (Å²) in [6.45, 7) is 11.1. The average molecular weight is 384 g/mol. The Morgan fingerprint density at radius 1 is 1.24 bits per heavy atom. The van der Waals surface area contributed by atoms with Crippen LogP contribution in [0.1, 0.15) is 38.1 Å². The van der Waals surface area contributed by atoms with E-state index in [0.29, 0.717) is 10.0 Å². The van der Waals surface area contributed by atoms with Gasteiger partial charge in [-0.2, -0.15) is 13.2 Å². The Morgan fingerprint density at radius 3 is 2.19 bits per heavy atom. The quantitative estimate of drug-likeness (QED) is 0.617. The molecule has 1 aromatic rings. The fourth-order valence-electron chi connectivity index (χ4n) is 1.49. The van der Waals surface area contributed by atoms with Gasteiger partial charge in [0.1, 0.15) is 0 Å². The van der Waals surface area contributed by atoms with E-state index in [9.17, 15) is 13.2 Å². The summed E-state index contributed by atoms with van der Waals surface area (Å²) < 4.78 is 46.4. The maximum absolute atomic E-state index is 13.5. The molecule has 0 fully saturated rings. The second kappa shape index (κ2) is 6.00. The maximum atomic E-state index is 13.5. The summed E-state index contributed by atoms with van der Waals surface area (Å²) in [4.78, 5) is 3.90. The lowest BCUT2D eigenvalue weighted by molar-refractivity contribution is -0.202. The Bertz CT molecular complexity index is 512. The molecule has 0 spiro atoms. The van der Waals surface area contributed by atoms with E-state index in [1.165, 1.54) is 6.20 Å². The van der Waals surface area contributed by atoms with Gasteiger partial charge in [0.05, 0.1) is 5.69 Å². The molecule has 0 radical (unpaired) electrons. The van der Waals surface area contributed by atoms with Crippen molar-refractivity contribution >= 4 is 24.2 Å². The standard InChI is InChI=1S/C14H21BrF3NOSi/c1-9-7-8-19-11(10(9)15)12(14(16,17)18)20-21(5,6)13(2,3)4/h7-8,12H,1-6H3. The lowest BCUT2D eigenvalue weighted by Crippen LogP contribution is -2.45. The van der Waals surface area contributed by atoms with Gasteiger partial charge in [0.2, 0.25) is 0 Å². The van der Waals surface area contributed by atoms with E-state index in [2.05, 4.69) is 20.9 Å². The Kier molecular flexibility index (Phi) is 5.33. The van der Waals surface area contributed by atoms with Crippen LogP contribution < -0.4 is 0 Å². The highest BCUT2D eigenvalue weighted by atomic mass is 79.9. The largest absolute Gasteiger partial charge is 0.419 e. The van der Waals surface area contributed by atoms with Crippen molar-refractivity contribution in [2.45, 2.75) is 58.1 Å². The lowest BCUT2D eigenvalue weighted by atomic mass is 10.2. The third-order valence-electron chi connectivity index (χ3n) is 3.87. The molecule has 0 bridgehead atoms. The van der Waals surface area contributed by atoms with Gasteiger partial charge in [-0.1, -0.05) is 20.8 Å². The van der Waals surface area contributed by atoms with Crippen LogP contribution in [0, 0.1) is 6.92 Å². The zero-order valence-electron chi connectivity index (χ0n) is 13.1. The summed E-state index contributed by atoms with van der Waals surface area (Å²) in [5.74, 6) is 0. The zero-order valence-corrected chi connectivity index (χ0v) is 15.7. The molecule has 0 amide bonds. The van der Waals surface area contributed by atoms with Crippen molar-refractivity contribution in [3.8, 4) is 0 Å². The third-order valence-corrected chi connectivity index (χ3v) is 9.34. The first-order valence-electron chi connectivity index (χ1n) is 6.63. The molecule has 1 atom stereocenters. The van der Waals surface area contributed by atoms with E-state index in [1.807, 2.05) is 20.8 Å². The molecule has 120 valence electrons. The van der Waals surface area contributed by atoms with Crippen LogP contribution in [-0.4, -0.2) is 19.5 Å². The van der Waals surface area contributed by atoms with Crippen molar-refractivity contribution in [2.75, 3.05) is 0 Å². The molecule has 1 rings (SSSR count). The number of aromatic nitrogens is 1. The SMILES string of the molecule is Cc1ccnc(C(O[Si](C)(C)C(C)(C)C)C(F)(F)F)c1Br. The fourth-order valence-corrected chi connectivity index (χ4v) is 3.12. The smallest absolute Gasteiger partial charge is 0.401 e. The van der Waals surface area contributed by atoms with E-state index in [4.69, 9.17) is 4.43 Å². The summed E-state index contributed by atoms with van der Waals surface area (Å²) >= 11 is 3.20. The normalized spacial score (nSPS) is 15.1. The van der Waals surface area contributed by atoms with Gasteiger partial charge in [-0.05, 0) is 52.6 Å². The van der Waals surface area contributed by atoms with Crippen molar-refractivity contribution in [1.82, 2.24) is 4.98 Å². The fraction of sp³-hybridized carbons (Fsp3) is 0.643. The van der Waals surface area contributed by atoms with Gasteiger partial charge >= 0.3 is 6.18 Å². The topological polar surface area (TPSA) is 22.1 Å². The molecule has 7 heteroatoms. The summed E-state index contributed by atoms with van der Waals surface area (Å²) in [6.07, 6.45) is -5.13. The number of hydrogen-bond donors (Lipinski definition) is 0.